The van der Waals surface area contributed by atoms with E-state index < -0.39 is 6.04 Å². The highest BCUT2D eigenvalue weighted by molar-refractivity contribution is 6.06. The molecular formula is C28H27N5O3. The predicted octanol–water partition coefficient (Wildman–Crippen LogP) is 5.20. The number of hydrogen-bond acceptors (Lipinski definition) is 6. The number of ether oxygens (including phenoxy) is 2. The van der Waals surface area contributed by atoms with Gasteiger partial charge in [-0.15, -0.1) is 5.10 Å². The molecule has 1 atom stereocenters. The van der Waals surface area contributed by atoms with Gasteiger partial charge in [-0.2, -0.15) is 4.98 Å². The van der Waals surface area contributed by atoms with Crippen LogP contribution in [0.3, 0.4) is 0 Å². The van der Waals surface area contributed by atoms with Crippen molar-refractivity contribution in [2.75, 3.05) is 24.9 Å². The molecule has 2 heterocycles. The summed E-state index contributed by atoms with van der Waals surface area (Å²) in [5, 5.41) is 11.1. The van der Waals surface area contributed by atoms with E-state index in [-0.39, 0.29) is 5.91 Å². The molecule has 4 aromatic rings. The lowest BCUT2D eigenvalue weighted by Gasteiger charge is -2.29. The minimum absolute atomic E-state index is 0.268. The van der Waals surface area contributed by atoms with Gasteiger partial charge in [-0.1, -0.05) is 54.1 Å². The summed E-state index contributed by atoms with van der Waals surface area (Å²) in [5.41, 5.74) is 4.68. The van der Waals surface area contributed by atoms with Crippen LogP contribution in [0.4, 0.5) is 11.6 Å². The third-order valence-corrected chi connectivity index (χ3v) is 6.17. The van der Waals surface area contributed by atoms with Crippen LogP contribution in [0.25, 0.3) is 11.4 Å². The van der Waals surface area contributed by atoms with E-state index >= 15 is 0 Å². The van der Waals surface area contributed by atoms with Crippen LogP contribution in [0, 0.1) is 6.92 Å². The molecule has 1 amide bonds. The number of benzene rings is 3. The van der Waals surface area contributed by atoms with E-state index in [2.05, 4.69) is 10.6 Å². The number of aromatic nitrogens is 3. The van der Waals surface area contributed by atoms with Crippen LogP contribution in [0.5, 0.6) is 11.5 Å². The summed E-state index contributed by atoms with van der Waals surface area (Å²) in [6, 6.07) is 22.5. The van der Waals surface area contributed by atoms with Gasteiger partial charge in [0.05, 0.1) is 25.5 Å². The highest BCUT2D eigenvalue weighted by Gasteiger charge is 2.35. The largest absolute Gasteiger partial charge is 0.497 e. The van der Waals surface area contributed by atoms with Gasteiger partial charge in [0, 0.05) is 11.3 Å². The quantitative estimate of drug-likeness (QED) is 0.394. The standard InChI is InChI=1S/C28H27N5O3/c1-17-12-14-19(15-13-17)26-31-28-29-18(2)24(27(34)30-22-10-5-6-11-23(22)36-4)25(33(28)32-26)20-8-7-9-21(16-20)35-3/h5-16,25H,1-4H3,(H,30,34)(H,29,31,32). The van der Waals surface area contributed by atoms with Crippen molar-refractivity contribution >= 4 is 17.5 Å². The molecule has 0 bridgehead atoms. The normalized spacial score (nSPS) is 14.6. The van der Waals surface area contributed by atoms with Crippen molar-refractivity contribution in [1.82, 2.24) is 14.8 Å². The minimum atomic E-state index is -0.530. The topological polar surface area (TPSA) is 90.3 Å². The van der Waals surface area contributed by atoms with E-state index in [1.54, 1.807) is 31.0 Å². The molecule has 2 N–H and O–H groups in total. The van der Waals surface area contributed by atoms with Crippen LogP contribution >= 0.6 is 0 Å². The Morgan fingerprint density at radius 2 is 1.75 bits per heavy atom. The number of hydrogen-bond donors (Lipinski definition) is 2. The van der Waals surface area contributed by atoms with Crippen LogP contribution in [-0.4, -0.2) is 34.9 Å². The summed E-state index contributed by atoms with van der Waals surface area (Å²) in [4.78, 5) is 18.5. The first-order valence-corrected chi connectivity index (χ1v) is 11.6. The second-order valence-corrected chi connectivity index (χ2v) is 8.57. The molecule has 0 spiro atoms. The average Bonchev–Trinajstić information content (AvgIpc) is 3.32. The fraction of sp³-hybridized carbons (Fsp3) is 0.179. The van der Waals surface area contributed by atoms with Gasteiger partial charge >= 0.3 is 0 Å². The summed E-state index contributed by atoms with van der Waals surface area (Å²) < 4.78 is 12.7. The zero-order valence-corrected chi connectivity index (χ0v) is 20.6. The van der Waals surface area contributed by atoms with Gasteiger partial charge in [-0.05, 0) is 43.7 Å². The van der Waals surface area contributed by atoms with E-state index in [4.69, 9.17) is 19.6 Å². The van der Waals surface area contributed by atoms with Gasteiger partial charge in [-0.25, -0.2) is 4.68 Å². The van der Waals surface area contributed by atoms with Crippen LogP contribution in [0.15, 0.2) is 84.1 Å². The molecule has 1 aliphatic heterocycles. The van der Waals surface area contributed by atoms with E-state index in [9.17, 15) is 4.79 Å². The van der Waals surface area contributed by atoms with Crippen molar-refractivity contribution < 1.29 is 14.3 Å². The maximum absolute atomic E-state index is 13.8. The molecule has 8 nitrogen and oxygen atoms in total. The number of fused-ring (bicyclic) bond motifs is 1. The van der Waals surface area contributed by atoms with Gasteiger partial charge in [0.15, 0.2) is 5.82 Å². The first-order chi connectivity index (χ1) is 17.5. The van der Waals surface area contributed by atoms with Gasteiger partial charge in [0.25, 0.3) is 5.91 Å². The van der Waals surface area contributed by atoms with Crippen molar-refractivity contribution in [1.29, 1.82) is 0 Å². The molecule has 182 valence electrons. The molecule has 0 saturated heterocycles. The maximum Gasteiger partial charge on any atom is 0.255 e. The number of nitrogens with zero attached hydrogens (tertiary/aromatic N) is 3. The molecule has 8 heteroatoms. The monoisotopic (exact) mass is 481 g/mol. The van der Waals surface area contributed by atoms with Gasteiger partial charge in [0.2, 0.25) is 5.95 Å². The lowest BCUT2D eigenvalue weighted by atomic mass is 9.95. The van der Waals surface area contributed by atoms with Crippen molar-refractivity contribution in [2.24, 2.45) is 0 Å². The predicted molar refractivity (Wildman–Crippen MR) is 139 cm³/mol. The third-order valence-electron chi connectivity index (χ3n) is 6.17. The molecule has 0 radical (unpaired) electrons. The van der Waals surface area contributed by atoms with Crippen molar-refractivity contribution in [2.45, 2.75) is 19.9 Å². The lowest BCUT2D eigenvalue weighted by Crippen LogP contribution is -2.31. The van der Waals surface area contributed by atoms with Gasteiger partial charge < -0.3 is 20.1 Å². The second kappa shape index (κ2) is 9.58. The Balaban J connectivity index is 1.61. The van der Waals surface area contributed by atoms with Crippen molar-refractivity contribution in [3.8, 4) is 22.9 Å². The fourth-order valence-electron chi connectivity index (χ4n) is 4.33. The molecular weight excluding hydrogens is 454 g/mol. The number of nitrogens with one attached hydrogen (secondary N) is 2. The van der Waals surface area contributed by atoms with Crippen LogP contribution in [0.2, 0.25) is 0 Å². The summed E-state index contributed by atoms with van der Waals surface area (Å²) >= 11 is 0. The Labute approximate surface area is 209 Å². The van der Waals surface area contributed by atoms with E-state index in [1.165, 1.54) is 0 Å². The SMILES string of the molecule is COc1cccc(C2C(C(=O)Nc3ccccc3OC)=C(C)Nc3nc(-c4ccc(C)cc4)nn32)c1. The smallest absolute Gasteiger partial charge is 0.255 e. The van der Waals surface area contributed by atoms with E-state index in [0.717, 1.165) is 16.7 Å². The highest BCUT2D eigenvalue weighted by atomic mass is 16.5. The zero-order chi connectivity index (χ0) is 25.2. The first kappa shape index (κ1) is 23.2. The van der Waals surface area contributed by atoms with Crippen molar-refractivity contribution in [3.05, 3.63) is 95.2 Å². The number of para-hydroxylation sites is 2. The third kappa shape index (κ3) is 4.29. The molecule has 36 heavy (non-hydrogen) atoms. The first-order valence-electron chi connectivity index (χ1n) is 11.6. The minimum Gasteiger partial charge on any atom is -0.497 e. The zero-order valence-electron chi connectivity index (χ0n) is 20.6. The number of aryl methyl sites for hydroxylation is 1. The number of anilines is 2. The molecule has 0 aliphatic carbocycles. The Kier molecular flexibility index (Phi) is 6.16. The van der Waals surface area contributed by atoms with Crippen LogP contribution < -0.4 is 20.1 Å². The number of allylic oxidation sites excluding steroid dienone is 1. The molecule has 0 fully saturated rings. The Hall–Kier alpha value is -4.59. The Morgan fingerprint density at radius 3 is 2.50 bits per heavy atom. The lowest BCUT2D eigenvalue weighted by molar-refractivity contribution is -0.113. The summed E-state index contributed by atoms with van der Waals surface area (Å²) in [5.74, 6) is 2.13. The second-order valence-electron chi connectivity index (χ2n) is 8.57. The average molecular weight is 482 g/mol. The van der Waals surface area contributed by atoms with Gasteiger partial charge in [0.1, 0.15) is 17.5 Å². The van der Waals surface area contributed by atoms with Crippen molar-refractivity contribution in [3.63, 3.8) is 0 Å². The molecule has 0 saturated carbocycles. The highest BCUT2D eigenvalue weighted by Crippen LogP contribution is 2.38. The number of carbonyl (C=O) groups excluding carboxylic acids is 1. The number of rotatable bonds is 6. The van der Waals surface area contributed by atoms with Crippen LogP contribution in [-0.2, 0) is 4.79 Å². The van der Waals surface area contributed by atoms with Crippen LogP contribution in [0.1, 0.15) is 24.1 Å². The maximum atomic E-state index is 13.8. The Bertz CT molecular complexity index is 1460. The number of carbonyl (C=O) groups is 1. The number of amides is 1. The summed E-state index contributed by atoms with van der Waals surface area (Å²) in [6.07, 6.45) is 0. The molecule has 1 aliphatic rings. The number of methoxy groups -OCH3 is 2. The summed E-state index contributed by atoms with van der Waals surface area (Å²) in [7, 11) is 3.19. The summed E-state index contributed by atoms with van der Waals surface area (Å²) in [6.45, 7) is 3.91. The molecule has 3 aromatic carbocycles. The van der Waals surface area contributed by atoms with Gasteiger partial charge in [-0.3, -0.25) is 4.79 Å². The molecule has 1 aromatic heterocycles. The fourth-order valence-corrected chi connectivity index (χ4v) is 4.33. The van der Waals surface area contributed by atoms with E-state index in [0.29, 0.717) is 40.2 Å². The van der Waals surface area contributed by atoms with E-state index in [1.807, 2.05) is 74.5 Å². The molecule has 5 rings (SSSR count). The molecule has 1 unspecified atom stereocenters. The Morgan fingerprint density at radius 1 is 0.972 bits per heavy atom.